The highest BCUT2D eigenvalue weighted by molar-refractivity contribution is 6.11. The molecule has 0 amide bonds. The standard InChI is InChI=1S/C16H17NO2/c1-8-9(2)16(18)10(3)14-12-6-5-11(19-4)7-13(12)17-15(8)14/h5-7,17-18H,1-4H3. The zero-order valence-corrected chi connectivity index (χ0v) is 11.6. The van der Waals surface area contributed by atoms with Gasteiger partial charge in [-0.05, 0) is 44.0 Å². The van der Waals surface area contributed by atoms with Crippen LogP contribution in [0.2, 0.25) is 0 Å². The quantitative estimate of drug-likeness (QED) is 0.691. The van der Waals surface area contributed by atoms with Gasteiger partial charge >= 0.3 is 0 Å². The molecule has 0 atom stereocenters. The van der Waals surface area contributed by atoms with E-state index in [9.17, 15) is 5.11 Å². The monoisotopic (exact) mass is 255 g/mol. The lowest BCUT2D eigenvalue weighted by Crippen LogP contribution is -1.88. The molecule has 2 aromatic carbocycles. The van der Waals surface area contributed by atoms with E-state index in [1.54, 1.807) is 7.11 Å². The lowest BCUT2D eigenvalue weighted by atomic mass is 9.98. The van der Waals surface area contributed by atoms with E-state index in [1.807, 2.05) is 39.0 Å². The van der Waals surface area contributed by atoms with Crippen LogP contribution in [0.4, 0.5) is 0 Å². The molecule has 0 aliphatic carbocycles. The van der Waals surface area contributed by atoms with Crippen LogP contribution in [0.25, 0.3) is 21.8 Å². The fourth-order valence-electron chi connectivity index (χ4n) is 2.74. The first-order valence-corrected chi connectivity index (χ1v) is 6.32. The highest BCUT2D eigenvalue weighted by Crippen LogP contribution is 2.38. The molecule has 1 heterocycles. The minimum atomic E-state index is 0.390. The number of hydrogen-bond acceptors (Lipinski definition) is 2. The van der Waals surface area contributed by atoms with Crippen LogP contribution in [-0.2, 0) is 0 Å². The van der Waals surface area contributed by atoms with Crippen molar-refractivity contribution in [2.75, 3.05) is 7.11 Å². The first-order valence-electron chi connectivity index (χ1n) is 6.32. The average Bonchev–Trinajstić information content (AvgIpc) is 2.81. The summed E-state index contributed by atoms with van der Waals surface area (Å²) >= 11 is 0. The molecule has 0 radical (unpaired) electrons. The van der Waals surface area contributed by atoms with Gasteiger partial charge in [0.05, 0.1) is 18.1 Å². The summed E-state index contributed by atoms with van der Waals surface area (Å²) in [5, 5.41) is 12.4. The fraction of sp³-hybridized carbons (Fsp3) is 0.250. The van der Waals surface area contributed by atoms with Crippen molar-refractivity contribution >= 4 is 21.8 Å². The van der Waals surface area contributed by atoms with Crippen molar-refractivity contribution in [3.05, 3.63) is 34.9 Å². The molecule has 0 fully saturated rings. The molecule has 0 spiro atoms. The third-order valence-electron chi connectivity index (χ3n) is 4.03. The fourth-order valence-corrected chi connectivity index (χ4v) is 2.74. The second-order valence-corrected chi connectivity index (χ2v) is 5.01. The van der Waals surface area contributed by atoms with Crippen LogP contribution >= 0.6 is 0 Å². The van der Waals surface area contributed by atoms with Gasteiger partial charge in [0.1, 0.15) is 11.5 Å². The number of fused-ring (bicyclic) bond motifs is 3. The van der Waals surface area contributed by atoms with Gasteiger partial charge in [0.2, 0.25) is 0 Å². The minimum absolute atomic E-state index is 0.390. The Balaban J connectivity index is 2.53. The molecule has 3 rings (SSSR count). The van der Waals surface area contributed by atoms with Gasteiger partial charge in [0, 0.05) is 22.4 Å². The molecule has 3 nitrogen and oxygen atoms in total. The Hall–Kier alpha value is -2.16. The van der Waals surface area contributed by atoms with Gasteiger partial charge in [0.15, 0.2) is 0 Å². The summed E-state index contributed by atoms with van der Waals surface area (Å²) in [6.07, 6.45) is 0. The van der Waals surface area contributed by atoms with Crippen LogP contribution in [0, 0.1) is 20.8 Å². The van der Waals surface area contributed by atoms with Crippen molar-refractivity contribution in [1.82, 2.24) is 4.98 Å². The van der Waals surface area contributed by atoms with Gasteiger partial charge in [-0.25, -0.2) is 0 Å². The summed E-state index contributed by atoms with van der Waals surface area (Å²) in [5.74, 6) is 1.22. The predicted octanol–water partition coefficient (Wildman–Crippen LogP) is 3.96. The number of H-pyrrole nitrogens is 1. The van der Waals surface area contributed by atoms with Gasteiger partial charge in [-0.2, -0.15) is 0 Å². The number of aromatic hydroxyl groups is 1. The van der Waals surface area contributed by atoms with E-state index in [1.165, 1.54) is 0 Å². The Bertz CT molecular complexity index is 800. The molecule has 3 aromatic rings. The lowest BCUT2D eigenvalue weighted by molar-refractivity contribution is 0.415. The number of aromatic amines is 1. The van der Waals surface area contributed by atoms with Crippen molar-refractivity contribution in [2.24, 2.45) is 0 Å². The normalized spacial score (nSPS) is 11.4. The molecule has 0 unspecified atom stereocenters. The molecule has 3 heteroatoms. The van der Waals surface area contributed by atoms with Gasteiger partial charge in [-0.1, -0.05) is 0 Å². The van der Waals surface area contributed by atoms with Crippen LogP contribution in [-0.4, -0.2) is 17.2 Å². The Morgan fingerprint density at radius 3 is 2.47 bits per heavy atom. The summed E-state index contributed by atoms with van der Waals surface area (Å²) in [5.41, 5.74) is 5.08. The molecule has 0 saturated heterocycles. The molecule has 98 valence electrons. The van der Waals surface area contributed by atoms with Gasteiger partial charge in [0.25, 0.3) is 0 Å². The van der Waals surface area contributed by atoms with E-state index < -0.39 is 0 Å². The van der Waals surface area contributed by atoms with Crippen LogP contribution in [0.1, 0.15) is 16.7 Å². The SMILES string of the molecule is COc1ccc2c(c1)[nH]c1c(C)c(C)c(O)c(C)c12. The lowest BCUT2D eigenvalue weighted by Gasteiger charge is -2.09. The average molecular weight is 255 g/mol. The summed E-state index contributed by atoms with van der Waals surface area (Å²) in [4.78, 5) is 3.44. The Labute approximate surface area is 111 Å². The molecule has 2 N–H and O–H groups in total. The second kappa shape index (κ2) is 3.92. The zero-order chi connectivity index (χ0) is 13.7. The van der Waals surface area contributed by atoms with Gasteiger partial charge in [-0.15, -0.1) is 0 Å². The smallest absolute Gasteiger partial charge is 0.122 e. The van der Waals surface area contributed by atoms with E-state index in [0.29, 0.717) is 5.75 Å². The largest absolute Gasteiger partial charge is 0.507 e. The van der Waals surface area contributed by atoms with Crippen LogP contribution in [0.3, 0.4) is 0 Å². The molecule has 19 heavy (non-hydrogen) atoms. The number of rotatable bonds is 1. The van der Waals surface area contributed by atoms with Crippen molar-refractivity contribution < 1.29 is 9.84 Å². The molecular formula is C16H17NO2. The van der Waals surface area contributed by atoms with Gasteiger partial charge < -0.3 is 14.8 Å². The number of phenolic OH excluding ortho intramolecular Hbond substituents is 1. The first kappa shape index (κ1) is 11.9. The number of ether oxygens (including phenoxy) is 1. The Kier molecular flexibility index (Phi) is 2.45. The molecule has 0 bridgehead atoms. The van der Waals surface area contributed by atoms with Crippen LogP contribution < -0.4 is 4.74 Å². The predicted molar refractivity (Wildman–Crippen MR) is 78.2 cm³/mol. The van der Waals surface area contributed by atoms with Gasteiger partial charge in [-0.3, -0.25) is 0 Å². The number of benzene rings is 2. The maximum Gasteiger partial charge on any atom is 0.122 e. The van der Waals surface area contributed by atoms with E-state index in [-0.39, 0.29) is 0 Å². The maximum atomic E-state index is 10.2. The van der Waals surface area contributed by atoms with Crippen molar-refractivity contribution in [3.63, 3.8) is 0 Å². The first-order chi connectivity index (χ1) is 9.04. The van der Waals surface area contributed by atoms with E-state index in [0.717, 1.165) is 44.2 Å². The molecular weight excluding hydrogens is 238 g/mol. The summed E-state index contributed by atoms with van der Waals surface area (Å²) in [6, 6.07) is 5.97. The van der Waals surface area contributed by atoms with E-state index in [2.05, 4.69) is 4.98 Å². The second-order valence-electron chi connectivity index (χ2n) is 5.01. The number of aryl methyl sites for hydroxylation is 2. The van der Waals surface area contributed by atoms with Crippen molar-refractivity contribution in [1.29, 1.82) is 0 Å². The third kappa shape index (κ3) is 1.51. The highest BCUT2D eigenvalue weighted by atomic mass is 16.5. The molecule has 0 aliphatic rings. The number of methoxy groups -OCH3 is 1. The van der Waals surface area contributed by atoms with Crippen molar-refractivity contribution in [2.45, 2.75) is 20.8 Å². The molecule has 0 saturated carbocycles. The molecule has 0 aliphatic heterocycles. The number of nitrogens with one attached hydrogen (secondary N) is 1. The maximum absolute atomic E-state index is 10.2. The summed E-state index contributed by atoms with van der Waals surface area (Å²) < 4.78 is 5.26. The minimum Gasteiger partial charge on any atom is -0.507 e. The highest BCUT2D eigenvalue weighted by Gasteiger charge is 2.15. The zero-order valence-electron chi connectivity index (χ0n) is 11.6. The summed E-state index contributed by atoms with van der Waals surface area (Å²) in [7, 11) is 1.66. The summed E-state index contributed by atoms with van der Waals surface area (Å²) in [6.45, 7) is 5.94. The van der Waals surface area contributed by atoms with Crippen LogP contribution in [0.5, 0.6) is 11.5 Å². The van der Waals surface area contributed by atoms with Crippen molar-refractivity contribution in [3.8, 4) is 11.5 Å². The Morgan fingerprint density at radius 1 is 1.05 bits per heavy atom. The topological polar surface area (TPSA) is 45.2 Å². The molecule has 1 aromatic heterocycles. The number of hydrogen-bond donors (Lipinski definition) is 2. The Morgan fingerprint density at radius 2 is 1.79 bits per heavy atom. The number of aromatic nitrogens is 1. The number of phenols is 1. The third-order valence-corrected chi connectivity index (χ3v) is 4.03. The van der Waals surface area contributed by atoms with E-state index >= 15 is 0 Å². The van der Waals surface area contributed by atoms with Crippen LogP contribution in [0.15, 0.2) is 18.2 Å². The van der Waals surface area contributed by atoms with E-state index in [4.69, 9.17) is 4.74 Å².